The molecule has 5 heteroatoms. The van der Waals surface area contributed by atoms with Gasteiger partial charge in [-0.1, -0.05) is 29.3 Å². The van der Waals surface area contributed by atoms with Crippen LogP contribution in [-0.4, -0.2) is 32.5 Å². The van der Waals surface area contributed by atoms with E-state index in [2.05, 4.69) is 12.2 Å². The third-order valence-corrected chi connectivity index (χ3v) is 3.72. The number of hydrogen-bond acceptors (Lipinski definition) is 3. The molecule has 1 N–H and O–H groups in total. The molecule has 1 heterocycles. The molecule has 0 amide bonds. The van der Waals surface area contributed by atoms with Crippen molar-refractivity contribution in [2.45, 2.75) is 19.1 Å². The average Bonchev–Trinajstić information content (AvgIpc) is 2.40. The van der Waals surface area contributed by atoms with Crippen LogP contribution in [0.25, 0.3) is 0 Å². The van der Waals surface area contributed by atoms with Gasteiger partial charge in [0.25, 0.3) is 0 Å². The second-order valence-corrected chi connectivity index (χ2v) is 5.19. The van der Waals surface area contributed by atoms with Crippen molar-refractivity contribution >= 4 is 23.2 Å². The lowest BCUT2D eigenvalue weighted by Gasteiger charge is -2.25. The normalized spacial score (nSPS) is 21.8. The molecule has 100 valence electrons. The molecular formula is C13H17Cl2NO2. The highest BCUT2D eigenvalue weighted by Gasteiger charge is 2.15. The van der Waals surface area contributed by atoms with Gasteiger partial charge in [-0.2, -0.15) is 0 Å². The first-order valence-electron chi connectivity index (χ1n) is 6.04. The van der Waals surface area contributed by atoms with Crippen molar-refractivity contribution in [3.63, 3.8) is 0 Å². The number of hydrogen-bond donors (Lipinski definition) is 1. The molecule has 18 heavy (non-hydrogen) atoms. The Labute approximate surface area is 117 Å². The molecule has 0 radical (unpaired) electrons. The van der Waals surface area contributed by atoms with Crippen LogP contribution in [-0.2, 0) is 9.47 Å². The van der Waals surface area contributed by atoms with Crippen LogP contribution in [0.3, 0.4) is 0 Å². The lowest BCUT2D eigenvalue weighted by atomic mass is 10.1. The molecule has 1 fully saturated rings. The van der Waals surface area contributed by atoms with E-state index in [1.165, 1.54) is 0 Å². The summed E-state index contributed by atoms with van der Waals surface area (Å²) in [7, 11) is 0. The Morgan fingerprint density at radius 1 is 1.33 bits per heavy atom. The highest BCUT2D eigenvalue weighted by atomic mass is 35.5. The maximum atomic E-state index is 6.00. The minimum atomic E-state index is 0.129. The fraction of sp³-hybridized carbons (Fsp3) is 0.538. The van der Waals surface area contributed by atoms with Gasteiger partial charge in [0.05, 0.1) is 36.0 Å². The second kappa shape index (κ2) is 6.73. The Bertz CT molecular complexity index is 395. The predicted molar refractivity (Wildman–Crippen MR) is 73.4 cm³/mol. The van der Waals surface area contributed by atoms with Gasteiger partial charge >= 0.3 is 0 Å². The fourth-order valence-corrected chi connectivity index (χ4v) is 2.17. The summed E-state index contributed by atoms with van der Waals surface area (Å²) in [4.78, 5) is 0. The van der Waals surface area contributed by atoms with E-state index in [-0.39, 0.29) is 12.1 Å². The third-order valence-electron chi connectivity index (χ3n) is 2.98. The summed E-state index contributed by atoms with van der Waals surface area (Å²) in [6.45, 7) is 4.87. The van der Waals surface area contributed by atoms with E-state index in [1.807, 2.05) is 18.2 Å². The Morgan fingerprint density at radius 3 is 2.83 bits per heavy atom. The standard InChI is InChI=1S/C13H17Cl2NO2/c1-9(10-2-3-12(14)13(15)6-10)16-7-11-8-17-4-5-18-11/h2-3,6,9,11,16H,4-5,7-8H2,1H3. The first-order chi connectivity index (χ1) is 8.66. The maximum absolute atomic E-state index is 6.00. The summed E-state index contributed by atoms with van der Waals surface area (Å²) < 4.78 is 10.9. The maximum Gasteiger partial charge on any atom is 0.0933 e. The molecule has 2 atom stereocenters. The van der Waals surface area contributed by atoms with Crippen molar-refractivity contribution in [2.24, 2.45) is 0 Å². The number of ether oxygens (including phenoxy) is 2. The van der Waals surface area contributed by atoms with Crippen molar-refractivity contribution in [3.8, 4) is 0 Å². The highest BCUT2D eigenvalue weighted by molar-refractivity contribution is 6.42. The van der Waals surface area contributed by atoms with Crippen LogP contribution in [0.1, 0.15) is 18.5 Å². The van der Waals surface area contributed by atoms with Gasteiger partial charge in [0.2, 0.25) is 0 Å². The minimum absolute atomic E-state index is 0.129. The summed E-state index contributed by atoms with van der Waals surface area (Å²) in [6.07, 6.45) is 0.129. The van der Waals surface area contributed by atoms with Crippen LogP contribution in [0.2, 0.25) is 10.0 Å². The molecule has 1 saturated heterocycles. The first kappa shape index (κ1) is 14.1. The summed E-state index contributed by atoms with van der Waals surface area (Å²) in [5.41, 5.74) is 1.11. The van der Waals surface area contributed by atoms with Crippen molar-refractivity contribution < 1.29 is 9.47 Å². The zero-order valence-electron chi connectivity index (χ0n) is 10.3. The molecule has 2 rings (SSSR count). The van der Waals surface area contributed by atoms with Gasteiger partial charge in [-0.3, -0.25) is 0 Å². The van der Waals surface area contributed by atoms with Crippen molar-refractivity contribution in [1.82, 2.24) is 5.32 Å². The van der Waals surface area contributed by atoms with E-state index in [0.717, 1.165) is 12.1 Å². The van der Waals surface area contributed by atoms with Crippen LogP contribution in [0, 0.1) is 0 Å². The van der Waals surface area contributed by atoms with E-state index in [1.54, 1.807) is 0 Å². The zero-order chi connectivity index (χ0) is 13.0. The predicted octanol–water partition coefficient (Wildman–Crippen LogP) is 3.06. The molecular weight excluding hydrogens is 273 g/mol. The fourth-order valence-electron chi connectivity index (χ4n) is 1.86. The molecule has 1 aromatic rings. The van der Waals surface area contributed by atoms with Crippen molar-refractivity contribution in [2.75, 3.05) is 26.4 Å². The molecule has 0 spiro atoms. The molecule has 0 bridgehead atoms. The van der Waals surface area contributed by atoms with Gasteiger partial charge in [-0.05, 0) is 24.6 Å². The summed E-state index contributed by atoms with van der Waals surface area (Å²) >= 11 is 11.9. The number of benzene rings is 1. The van der Waals surface area contributed by atoms with Gasteiger partial charge in [-0.25, -0.2) is 0 Å². The Kier molecular flexibility index (Phi) is 5.27. The largest absolute Gasteiger partial charge is 0.376 e. The van der Waals surface area contributed by atoms with Crippen LogP contribution < -0.4 is 5.32 Å². The van der Waals surface area contributed by atoms with Crippen molar-refractivity contribution in [3.05, 3.63) is 33.8 Å². The molecule has 2 unspecified atom stereocenters. The molecule has 1 aromatic carbocycles. The third kappa shape index (κ3) is 3.84. The quantitative estimate of drug-likeness (QED) is 0.924. The van der Waals surface area contributed by atoms with Crippen molar-refractivity contribution in [1.29, 1.82) is 0 Å². The van der Waals surface area contributed by atoms with Crippen LogP contribution in [0.15, 0.2) is 18.2 Å². The smallest absolute Gasteiger partial charge is 0.0933 e. The Balaban J connectivity index is 1.86. The Hall–Kier alpha value is -0.320. The van der Waals surface area contributed by atoms with Gasteiger partial charge in [0.15, 0.2) is 0 Å². The van der Waals surface area contributed by atoms with Gasteiger partial charge in [-0.15, -0.1) is 0 Å². The molecule has 0 saturated carbocycles. The average molecular weight is 290 g/mol. The summed E-state index contributed by atoms with van der Waals surface area (Å²) in [6, 6.07) is 5.88. The molecule has 0 aliphatic carbocycles. The lowest BCUT2D eigenvalue weighted by molar-refractivity contribution is -0.0869. The number of rotatable bonds is 4. The van der Waals surface area contributed by atoms with E-state index in [4.69, 9.17) is 32.7 Å². The SMILES string of the molecule is CC(NCC1COCCO1)c1ccc(Cl)c(Cl)c1. The number of nitrogens with one attached hydrogen (secondary N) is 1. The van der Waals surface area contributed by atoms with Gasteiger partial charge in [0, 0.05) is 12.6 Å². The van der Waals surface area contributed by atoms with E-state index < -0.39 is 0 Å². The first-order valence-corrected chi connectivity index (χ1v) is 6.80. The lowest BCUT2D eigenvalue weighted by Crippen LogP contribution is -2.38. The summed E-state index contributed by atoms with van der Waals surface area (Å²) in [5.74, 6) is 0. The molecule has 3 nitrogen and oxygen atoms in total. The highest BCUT2D eigenvalue weighted by Crippen LogP contribution is 2.25. The molecule has 1 aliphatic heterocycles. The molecule has 1 aliphatic rings. The van der Waals surface area contributed by atoms with Crippen LogP contribution >= 0.6 is 23.2 Å². The Morgan fingerprint density at radius 2 is 2.17 bits per heavy atom. The molecule has 0 aromatic heterocycles. The van der Waals surface area contributed by atoms with Crippen LogP contribution in [0.4, 0.5) is 0 Å². The summed E-state index contributed by atoms with van der Waals surface area (Å²) in [5, 5.41) is 4.57. The van der Waals surface area contributed by atoms with Gasteiger partial charge in [0.1, 0.15) is 0 Å². The van der Waals surface area contributed by atoms with Crippen LogP contribution in [0.5, 0.6) is 0 Å². The zero-order valence-corrected chi connectivity index (χ0v) is 11.8. The van der Waals surface area contributed by atoms with E-state index in [9.17, 15) is 0 Å². The van der Waals surface area contributed by atoms with E-state index >= 15 is 0 Å². The minimum Gasteiger partial charge on any atom is -0.376 e. The van der Waals surface area contributed by atoms with E-state index in [0.29, 0.717) is 29.9 Å². The monoisotopic (exact) mass is 289 g/mol. The van der Waals surface area contributed by atoms with Gasteiger partial charge < -0.3 is 14.8 Å². The second-order valence-electron chi connectivity index (χ2n) is 4.37. The topological polar surface area (TPSA) is 30.5 Å². The number of halogens is 2.